The smallest absolute Gasteiger partial charge is 0.309 e. The Labute approximate surface area is 95.0 Å². The third kappa shape index (κ3) is 1.66. The van der Waals surface area contributed by atoms with Crippen LogP contribution in [-0.2, 0) is 17.6 Å². The van der Waals surface area contributed by atoms with E-state index in [1.165, 1.54) is 5.56 Å². The number of carbonyl (C=O) groups is 1. The Kier molecular flexibility index (Phi) is 2.62. The quantitative estimate of drug-likeness (QED) is 0.831. The zero-order chi connectivity index (χ0) is 11.8. The third-order valence-corrected chi connectivity index (χ3v) is 3.47. The molecule has 0 spiro atoms. The summed E-state index contributed by atoms with van der Waals surface area (Å²) >= 11 is 0. The van der Waals surface area contributed by atoms with E-state index in [0.29, 0.717) is 12.8 Å². The van der Waals surface area contributed by atoms with Gasteiger partial charge in [0.15, 0.2) is 0 Å². The molecule has 1 N–H and O–H groups in total. The molecule has 86 valence electrons. The summed E-state index contributed by atoms with van der Waals surface area (Å²) < 4.78 is 5.29. The van der Waals surface area contributed by atoms with Crippen molar-refractivity contribution in [3.63, 3.8) is 0 Å². The van der Waals surface area contributed by atoms with Crippen molar-refractivity contribution >= 4 is 5.97 Å². The molecule has 0 radical (unpaired) electrons. The fourth-order valence-electron chi connectivity index (χ4n) is 2.34. The van der Waals surface area contributed by atoms with E-state index in [4.69, 9.17) is 4.74 Å². The van der Waals surface area contributed by atoms with Crippen molar-refractivity contribution in [3.05, 3.63) is 29.3 Å². The van der Waals surface area contributed by atoms with Crippen LogP contribution in [0.4, 0.5) is 0 Å². The molecule has 0 bridgehead atoms. The average molecular weight is 220 g/mol. The van der Waals surface area contributed by atoms with Gasteiger partial charge in [0.05, 0.1) is 12.5 Å². The zero-order valence-electron chi connectivity index (χ0n) is 9.62. The van der Waals surface area contributed by atoms with Crippen molar-refractivity contribution in [1.29, 1.82) is 0 Å². The third-order valence-electron chi connectivity index (χ3n) is 3.47. The maximum Gasteiger partial charge on any atom is 0.309 e. The molecule has 1 atom stereocenters. The van der Waals surface area contributed by atoms with Crippen LogP contribution in [0.15, 0.2) is 18.2 Å². The molecule has 3 nitrogen and oxygen atoms in total. The van der Waals surface area contributed by atoms with Gasteiger partial charge in [0, 0.05) is 0 Å². The van der Waals surface area contributed by atoms with Gasteiger partial charge in [-0.2, -0.15) is 0 Å². The molecule has 1 unspecified atom stereocenters. The molecule has 0 amide bonds. The summed E-state index contributed by atoms with van der Waals surface area (Å²) in [6.07, 6.45) is 2.05. The number of hydrogen-bond donors (Lipinski definition) is 1. The molecule has 0 fully saturated rings. The van der Waals surface area contributed by atoms with Crippen molar-refractivity contribution in [2.24, 2.45) is 5.41 Å². The Balaban J connectivity index is 2.39. The van der Waals surface area contributed by atoms with Gasteiger partial charge in [-0.05, 0) is 43.4 Å². The summed E-state index contributed by atoms with van der Waals surface area (Å²) in [5, 5.41) is 9.22. The van der Waals surface area contributed by atoms with Crippen molar-refractivity contribution < 1.29 is 14.6 Å². The van der Waals surface area contributed by atoms with Gasteiger partial charge < -0.3 is 9.84 Å². The lowest BCUT2D eigenvalue weighted by molar-refractivity contribution is -0.148. The monoisotopic (exact) mass is 220 g/mol. The minimum Gasteiger partial charge on any atom is -0.496 e. The Morgan fingerprint density at radius 3 is 2.88 bits per heavy atom. The molecule has 1 aromatic carbocycles. The van der Waals surface area contributed by atoms with E-state index >= 15 is 0 Å². The number of hydrogen-bond acceptors (Lipinski definition) is 2. The van der Waals surface area contributed by atoms with Crippen LogP contribution in [0, 0.1) is 5.41 Å². The number of benzene rings is 1. The zero-order valence-corrected chi connectivity index (χ0v) is 9.62. The van der Waals surface area contributed by atoms with Gasteiger partial charge in [-0.1, -0.05) is 12.1 Å². The van der Waals surface area contributed by atoms with Crippen molar-refractivity contribution in [1.82, 2.24) is 0 Å². The molecule has 0 saturated carbocycles. The molecular weight excluding hydrogens is 204 g/mol. The molecule has 3 heteroatoms. The highest BCUT2D eigenvalue weighted by Gasteiger charge is 2.37. The van der Waals surface area contributed by atoms with Gasteiger partial charge in [0.2, 0.25) is 0 Å². The molecule has 0 aliphatic heterocycles. The summed E-state index contributed by atoms with van der Waals surface area (Å²) in [6.45, 7) is 1.82. The molecule has 1 aliphatic rings. The first-order valence-corrected chi connectivity index (χ1v) is 5.45. The predicted molar refractivity (Wildman–Crippen MR) is 60.8 cm³/mol. The molecule has 1 aromatic rings. The lowest BCUT2D eigenvalue weighted by Gasteiger charge is -2.31. The van der Waals surface area contributed by atoms with Crippen LogP contribution in [0.1, 0.15) is 24.5 Å². The van der Waals surface area contributed by atoms with Crippen LogP contribution in [-0.4, -0.2) is 18.2 Å². The number of rotatable bonds is 2. The Morgan fingerprint density at radius 1 is 1.50 bits per heavy atom. The highest BCUT2D eigenvalue weighted by atomic mass is 16.5. The van der Waals surface area contributed by atoms with Crippen LogP contribution in [0.2, 0.25) is 0 Å². The van der Waals surface area contributed by atoms with Crippen LogP contribution in [0.25, 0.3) is 0 Å². The Morgan fingerprint density at radius 2 is 2.25 bits per heavy atom. The second-order valence-corrected chi connectivity index (χ2v) is 4.64. The van der Waals surface area contributed by atoms with Gasteiger partial charge in [-0.3, -0.25) is 4.79 Å². The largest absolute Gasteiger partial charge is 0.496 e. The standard InChI is InChI=1S/C13H16O3/c1-13(12(14)15)7-6-10-9(8-13)4-3-5-11(10)16-2/h3-5H,6-8H2,1-2H3,(H,14,15). The predicted octanol–water partition coefficient (Wildman–Crippen LogP) is 2.27. The summed E-state index contributed by atoms with van der Waals surface area (Å²) in [5.41, 5.74) is 1.65. The van der Waals surface area contributed by atoms with E-state index in [-0.39, 0.29) is 0 Å². The van der Waals surface area contributed by atoms with Crippen LogP contribution >= 0.6 is 0 Å². The van der Waals surface area contributed by atoms with Crippen molar-refractivity contribution in [3.8, 4) is 5.75 Å². The van der Waals surface area contributed by atoms with Gasteiger partial charge in [-0.15, -0.1) is 0 Å². The molecule has 0 saturated heterocycles. The molecule has 2 rings (SSSR count). The van der Waals surface area contributed by atoms with Gasteiger partial charge in [0.25, 0.3) is 0 Å². The minimum absolute atomic E-state index is 0.592. The molecule has 16 heavy (non-hydrogen) atoms. The highest BCUT2D eigenvalue weighted by Crippen LogP contribution is 2.38. The van der Waals surface area contributed by atoms with E-state index < -0.39 is 11.4 Å². The fraction of sp³-hybridized carbons (Fsp3) is 0.462. The summed E-state index contributed by atoms with van der Waals surface area (Å²) in [7, 11) is 1.65. The lowest BCUT2D eigenvalue weighted by atomic mass is 9.73. The number of ether oxygens (including phenoxy) is 1. The number of fused-ring (bicyclic) bond motifs is 1. The van der Waals surface area contributed by atoms with Crippen molar-refractivity contribution in [2.45, 2.75) is 26.2 Å². The average Bonchev–Trinajstić information content (AvgIpc) is 2.27. The summed E-state index contributed by atoms with van der Waals surface area (Å²) in [6, 6.07) is 5.85. The number of carboxylic acids is 1. The topological polar surface area (TPSA) is 46.5 Å². The van der Waals surface area contributed by atoms with E-state index in [1.54, 1.807) is 7.11 Å². The van der Waals surface area contributed by atoms with Crippen LogP contribution < -0.4 is 4.74 Å². The van der Waals surface area contributed by atoms with Gasteiger partial charge >= 0.3 is 5.97 Å². The minimum atomic E-state index is -0.707. The second-order valence-electron chi connectivity index (χ2n) is 4.64. The maximum absolute atomic E-state index is 11.2. The fourth-order valence-corrected chi connectivity index (χ4v) is 2.34. The summed E-state index contributed by atoms with van der Waals surface area (Å²) in [4.78, 5) is 11.2. The number of aliphatic carboxylic acids is 1. The van der Waals surface area contributed by atoms with Crippen LogP contribution in [0.3, 0.4) is 0 Å². The molecular formula is C13H16O3. The number of methoxy groups -OCH3 is 1. The summed E-state index contributed by atoms with van der Waals surface area (Å²) in [5.74, 6) is 0.172. The van der Waals surface area contributed by atoms with Gasteiger partial charge in [0.1, 0.15) is 5.75 Å². The first-order valence-electron chi connectivity index (χ1n) is 5.45. The second kappa shape index (κ2) is 3.81. The maximum atomic E-state index is 11.2. The van der Waals surface area contributed by atoms with Crippen molar-refractivity contribution in [2.75, 3.05) is 7.11 Å². The normalized spacial score (nSPS) is 23.6. The Bertz CT molecular complexity index is 425. The lowest BCUT2D eigenvalue weighted by Crippen LogP contribution is -2.34. The molecule has 0 aromatic heterocycles. The molecule has 1 aliphatic carbocycles. The van der Waals surface area contributed by atoms with E-state index in [0.717, 1.165) is 17.7 Å². The van der Waals surface area contributed by atoms with E-state index in [9.17, 15) is 9.90 Å². The Hall–Kier alpha value is -1.51. The number of carboxylic acid groups (broad SMARTS) is 1. The van der Waals surface area contributed by atoms with Crippen LogP contribution in [0.5, 0.6) is 5.75 Å². The first kappa shape index (κ1) is 11.0. The first-order chi connectivity index (χ1) is 7.57. The highest BCUT2D eigenvalue weighted by molar-refractivity contribution is 5.75. The molecule has 0 heterocycles. The SMILES string of the molecule is COc1cccc2c1CCC(C)(C(=O)O)C2. The van der Waals surface area contributed by atoms with Gasteiger partial charge in [-0.25, -0.2) is 0 Å². The van der Waals surface area contributed by atoms with E-state index in [2.05, 4.69) is 0 Å². The van der Waals surface area contributed by atoms with E-state index in [1.807, 2.05) is 25.1 Å².